The molecule has 2 rings (SSSR count). The highest BCUT2D eigenvalue weighted by atomic mass is 16.5. The van der Waals surface area contributed by atoms with Gasteiger partial charge in [-0.15, -0.1) is 0 Å². The van der Waals surface area contributed by atoms with Crippen LogP contribution >= 0.6 is 0 Å². The molecule has 2 N–H and O–H groups in total. The summed E-state index contributed by atoms with van der Waals surface area (Å²) in [6.45, 7) is 5.94. The van der Waals surface area contributed by atoms with Crippen molar-refractivity contribution in [2.24, 2.45) is 4.99 Å². The quantitative estimate of drug-likeness (QED) is 0.596. The van der Waals surface area contributed by atoms with Gasteiger partial charge in [-0.25, -0.2) is 0 Å². The molecular formula is C18H30N4O. The fourth-order valence-electron chi connectivity index (χ4n) is 2.84. The summed E-state index contributed by atoms with van der Waals surface area (Å²) in [5.41, 5.74) is 2.43. The summed E-state index contributed by atoms with van der Waals surface area (Å²) in [5.74, 6) is 0.864. The number of hydrogen-bond acceptors (Lipinski definition) is 3. The predicted octanol–water partition coefficient (Wildman–Crippen LogP) is 1.98. The molecule has 0 spiro atoms. The van der Waals surface area contributed by atoms with Crippen LogP contribution in [0, 0.1) is 0 Å². The third-order valence-corrected chi connectivity index (χ3v) is 4.19. The minimum Gasteiger partial charge on any atom is -0.380 e. The summed E-state index contributed by atoms with van der Waals surface area (Å²) in [7, 11) is 3.53. The van der Waals surface area contributed by atoms with E-state index in [4.69, 9.17) is 4.74 Å². The van der Waals surface area contributed by atoms with Crippen LogP contribution in [0.15, 0.2) is 29.3 Å². The Morgan fingerprint density at radius 1 is 1.09 bits per heavy atom. The fourth-order valence-corrected chi connectivity index (χ4v) is 2.84. The Morgan fingerprint density at radius 3 is 2.43 bits per heavy atom. The van der Waals surface area contributed by atoms with E-state index in [-0.39, 0.29) is 0 Å². The first-order chi connectivity index (χ1) is 11.3. The highest BCUT2D eigenvalue weighted by molar-refractivity contribution is 5.79. The lowest BCUT2D eigenvalue weighted by Gasteiger charge is -2.26. The lowest BCUT2D eigenvalue weighted by atomic mass is 10.1. The Balaban J connectivity index is 1.67. The second-order valence-electron chi connectivity index (χ2n) is 6.00. The van der Waals surface area contributed by atoms with Gasteiger partial charge < -0.3 is 20.3 Å². The molecule has 0 radical (unpaired) electrons. The number of benzene rings is 1. The second-order valence-corrected chi connectivity index (χ2v) is 6.00. The van der Waals surface area contributed by atoms with Crippen LogP contribution in [0.25, 0.3) is 0 Å². The SMILES string of the molecule is CN=C(NCCN1CCCCC1)NCc1ccc(COC)cc1. The van der Waals surface area contributed by atoms with E-state index in [0.717, 1.165) is 25.6 Å². The van der Waals surface area contributed by atoms with Crippen molar-refractivity contribution in [3.8, 4) is 0 Å². The van der Waals surface area contributed by atoms with Gasteiger partial charge in [0.2, 0.25) is 0 Å². The van der Waals surface area contributed by atoms with Gasteiger partial charge >= 0.3 is 0 Å². The van der Waals surface area contributed by atoms with Crippen molar-refractivity contribution >= 4 is 5.96 Å². The Hall–Kier alpha value is -1.59. The Bertz CT molecular complexity index is 466. The number of piperidine rings is 1. The normalized spacial score (nSPS) is 16.3. The Morgan fingerprint density at radius 2 is 1.78 bits per heavy atom. The first kappa shape index (κ1) is 17.8. The highest BCUT2D eigenvalue weighted by Gasteiger charge is 2.09. The Kier molecular flexibility index (Phi) is 7.90. The fraction of sp³-hybridized carbons (Fsp3) is 0.611. The van der Waals surface area contributed by atoms with E-state index in [9.17, 15) is 0 Å². The first-order valence-electron chi connectivity index (χ1n) is 8.55. The molecule has 1 aromatic rings. The summed E-state index contributed by atoms with van der Waals surface area (Å²) >= 11 is 0. The number of ether oxygens (including phenoxy) is 1. The van der Waals surface area contributed by atoms with Crippen LogP contribution < -0.4 is 10.6 Å². The molecule has 0 aromatic heterocycles. The summed E-state index contributed by atoms with van der Waals surface area (Å²) in [6, 6.07) is 8.46. The number of methoxy groups -OCH3 is 1. The van der Waals surface area contributed by atoms with Crippen LogP contribution in [-0.4, -0.2) is 51.2 Å². The molecule has 0 amide bonds. The van der Waals surface area contributed by atoms with E-state index in [2.05, 4.69) is 44.8 Å². The van der Waals surface area contributed by atoms with Gasteiger partial charge in [0.05, 0.1) is 6.61 Å². The minimum atomic E-state index is 0.660. The summed E-state index contributed by atoms with van der Waals surface area (Å²) in [6.07, 6.45) is 4.06. The number of likely N-dealkylation sites (tertiary alicyclic amines) is 1. The molecule has 0 unspecified atom stereocenters. The minimum absolute atomic E-state index is 0.660. The standard InChI is InChI=1S/C18H30N4O/c1-19-18(20-10-13-22-11-4-3-5-12-22)21-14-16-6-8-17(9-7-16)15-23-2/h6-9H,3-5,10-15H2,1-2H3,(H2,19,20,21). The van der Waals surface area contributed by atoms with Crippen LogP contribution in [0.1, 0.15) is 30.4 Å². The topological polar surface area (TPSA) is 48.9 Å². The van der Waals surface area contributed by atoms with Crippen LogP contribution in [0.5, 0.6) is 0 Å². The van der Waals surface area contributed by atoms with E-state index in [1.165, 1.54) is 43.5 Å². The van der Waals surface area contributed by atoms with Gasteiger partial charge in [-0.1, -0.05) is 30.7 Å². The molecule has 1 heterocycles. The molecule has 5 heteroatoms. The zero-order chi connectivity index (χ0) is 16.3. The smallest absolute Gasteiger partial charge is 0.191 e. The first-order valence-corrected chi connectivity index (χ1v) is 8.55. The van der Waals surface area contributed by atoms with Crippen LogP contribution in [0.3, 0.4) is 0 Å². The second kappa shape index (κ2) is 10.2. The van der Waals surface area contributed by atoms with Crippen LogP contribution in [0.2, 0.25) is 0 Å². The van der Waals surface area contributed by atoms with E-state index in [0.29, 0.717) is 6.61 Å². The zero-order valence-corrected chi connectivity index (χ0v) is 14.5. The van der Waals surface area contributed by atoms with Crippen molar-refractivity contribution in [3.63, 3.8) is 0 Å². The maximum Gasteiger partial charge on any atom is 0.191 e. The van der Waals surface area contributed by atoms with Gasteiger partial charge in [-0.2, -0.15) is 0 Å². The molecule has 0 atom stereocenters. The van der Waals surface area contributed by atoms with Gasteiger partial charge in [0.15, 0.2) is 5.96 Å². The maximum absolute atomic E-state index is 5.13. The van der Waals surface area contributed by atoms with Crippen molar-refractivity contribution in [3.05, 3.63) is 35.4 Å². The maximum atomic E-state index is 5.13. The molecule has 1 aliphatic rings. The lowest BCUT2D eigenvalue weighted by Crippen LogP contribution is -2.42. The zero-order valence-electron chi connectivity index (χ0n) is 14.5. The molecular weight excluding hydrogens is 288 g/mol. The monoisotopic (exact) mass is 318 g/mol. The molecule has 0 aliphatic carbocycles. The predicted molar refractivity (Wildman–Crippen MR) is 95.6 cm³/mol. The van der Waals surface area contributed by atoms with Gasteiger partial charge in [0.1, 0.15) is 0 Å². The molecule has 1 aromatic carbocycles. The van der Waals surface area contributed by atoms with Crippen molar-refractivity contribution in [1.82, 2.24) is 15.5 Å². The number of hydrogen-bond donors (Lipinski definition) is 2. The van der Waals surface area contributed by atoms with Gasteiger partial charge in [0.25, 0.3) is 0 Å². The molecule has 1 aliphatic heterocycles. The number of guanidine groups is 1. The van der Waals surface area contributed by atoms with Crippen molar-refractivity contribution < 1.29 is 4.74 Å². The molecule has 0 bridgehead atoms. The van der Waals surface area contributed by atoms with Gasteiger partial charge in [-0.3, -0.25) is 4.99 Å². The molecule has 1 fully saturated rings. The summed E-state index contributed by atoms with van der Waals surface area (Å²) in [4.78, 5) is 6.81. The highest BCUT2D eigenvalue weighted by Crippen LogP contribution is 2.07. The van der Waals surface area contributed by atoms with Crippen LogP contribution in [-0.2, 0) is 17.9 Å². The van der Waals surface area contributed by atoms with E-state index in [1.807, 2.05) is 7.05 Å². The molecule has 0 saturated carbocycles. The van der Waals surface area contributed by atoms with Gasteiger partial charge in [0, 0.05) is 33.8 Å². The van der Waals surface area contributed by atoms with E-state index >= 15 is 0 Å². The molecule has 23 heavy (non-hydrogen) atoms. The average molecular weight is 318 g/mol. The van der Waals surface area contributed by atoms with E-state index in [1.54, 1.807) is 7.11 Å². The Labute approximate surface area is 140 Å². The van der Waals surface area contributed by atoms with Crippen molar-refractivity contribution in [2.45, 2.75) is 32.4 Å². The lowest BCUT2D eigenvalue weighted by molar-refractivity contribution is 0.185. The number of aliphatic imine (C=N–C) groups is 1. The number of nitrogens with one attached hydrogen (secondary N) is 2. The third kappa shape index (κ3) is 6.59. The van der Waals surface area contributed by atoms with Crippen LogP contribution in [0.4, 0.5) is 0 Å². The third-order valence-electron chi connectivity index (χ3n) is 4.19. The largest absolute Gasteiger partial charge is 0.380 e. The molecule has 5 nitrogen and oxygen atoms in total. The molecule has 1 saturated heterocycles. The molecule has 128 valence electrons. The average Bonchev–Trinajstić information content (AvgIpc) is 2.60. The number of rotatable bonds is 7. The van der Waals surface area contributed by atoms with Crippen molar-refractivity contribution in [1.29, 1.82) is 0 Å². The summed E-state index contributed by atoms with van der Waals surface area (Å²) in [5, 5.41) is 6.76. The number of nitrogens with zero attached hydrogens (tertiary/aromatic N) is 2. The van der Waals surface area contributed by atoms with E-state index < -0.39 is 0 Å². The van der Waals surface area contributed by atoms with Crippen molar-refractivity contribution in [2.75, 3.05) is 40.3 Å². The summed E-state index contributed by atoms with van der Waals surface area (Å²) < 4.78 is 5.13. The van der Waals surface area contributed by atoms with Gasteiger partial charge in [-0.05, 0) is 37.1 Å².